The number of carbonyl (C=O) groups is 2. The summed E-state index contributed by atoms with van der Waals surface area (Å²) in [4.78, 5) is 29.8. The predicted octanol–water partition coefficient (Wildman–Crippen LogP) is 5.96. The van der Waals surface area contributed by atoms with Gasteiger partial charge in [0.1, 0.15) is 0 Å². The first-order valence-corrected chi connectivity index (χ1v) is 12.4. The molecule has 1 aliphatic rings. The first kappa shape index (κ1) is 25.3. The van der Waals surface area contributed by atoms with Crippen LogP contribution in [-0.2, 0) is 9.59 Å². The van der Waals surface area contributed by atoms with E-state index in [1.54, 1.807) is 48.5 Å². The van der Waals surface area contributed by atoms with Crippen LogP contribution in [0.4, 0.5) is 11.4 Å². The van der Waals surface area contributed by atoms with Crippen molar-refractivity contribution in [1.82, 2.24) is 5.32 Å². The zero-order valence-corrected chi connectivity index (χ0v) is 21.3. The quantitative estimate of drug-likeness (QED) is 0.357. The summed E-state index contributed by atoms with van der Waals surface area (Å²) in [5.41, 5.74) is 3.09. The predicted molar refractivity (Wildman–Crippen MR) is 145 cm³/mol. The van der Waals surface area contributed by atoms with Crippen LogP contribution < -0.4 is 20.1 Å². The summed E-state index contributed by atoms with van der Waals surface area (Å²) in [5, 5.41) is 6.62. The summed E-state index contributed by atoms with van der Waals surface area (Å²) in [7, 11) is 0. The fourth-order valence-electron chi connectivity index (χ4n) is 3.31. The Hall–Kier alpha value is -3.75. The zero-order valence-electron chi connectivity index (χ0n) is 19.7. The van der Waals surface area contributed by atoms with Gasteiger partial charge in [-0.05, 0) is 79.2 Å². The average molecular weight is 522 g/mol. The lowest BCUT2D eigenvalue weighted by Gasteiger charge is -2.13. The first-order valence-electron chi connectivity index (χ1n) is 11.2. The summed E-state index contributed by atoms with van der Waals surface area (Å²) >= 11 is 7.32. The number of carbonyl (C=O) groups excluding carboxylic acids is 2. The molecule has 1 aliphatic heterocycles. The van der Waals surface area contributed by atoms with Gasteiger partial charge in [-0.25, -0.2) is 4.99 Å². The number of amides is 2. The highest BCUT2D eigenvalue weighted by molar-refractivity contribution is 8.18. The van der Waals surface area contributed by atoms with Crippen LogP contribution in [0.1, 0.15) is 18.1 Å². The highest BCUT2D eigenvalue weighted by Gasteiger charge is 2.24. The van der Waals surface area contributed by atoms with Gasteiger partial charge < -0.3 is 20.1 Å². The normalized spacial score (nSPS) is 15.1. The average Bonchev–Trinajstić information content (AvgIpc) is 3.20. The maximum Gasteiger partial charge on any atom is 0.264 e. The third-order valence-corrected chi connectivity index (χ3v) is 6.17. The third-order valence-electron chi connectivity index (χ3n) is 5.03. The van der Waals surface area contributed by atoms with Crippen molar-refractivity contribution in [3.05, 3.63) is 87.8 Å². The van der Waals surface area contributed by atoms with Crippen molar-refractivity contribution in [1.29, 1.82) is 0 Å². The molecule has 1 heterocycles. The molecule has 0 saturated carbocycles. The lowest BCUT2D eigenvalue weighted by Crippen LogP contribution is -2.20. The van der Waals surface area contributed by atoms with Gasteiger partial charge in [0.15, 0.2) is 23.3 Å². The molecule has 1 saturated heterocycles. The van der Waals surface area contributed by atoms with E-state index in [1.807, 2.05) is 38.1 Å². The number of anilines is 1. The van der Waals surface area contributed by atoms with Crippen LogP contribution in [0.25, 0.3) is 6.08 Å². The second-order valence-corrected chi connectivity index (χ2v) is 9.22. The van der Waals surface area contributed by atoms with Gasteiger partial charge in [-0.3, -0.25) is 9.59 Å². The van der Waals surface area contributed by atoms with E-state index in [2.05, 4.69) is 15.6 Å². The van der Waals surface area contributed by atoms with Gasteiger partial charge in [0, 0.05) is 10.7 Å². The molecule has 9 heteroatoms. The molecule has 1 fully saturated rings. The highest BCUT2D eigenvalue weighted by atomic mass is 35.5. The van der Waals surface area contributed by atoms with Gasteiger partial charge in [0.2, 0.25) is 0 Å². The van der Waals surface area contributed by atoms with Crippen LogP contribution in [-0.4, -0.2) is 30.2 Å². The summed E-state index contributed by atoms with van der Waals surface area (Å²) < 4.78 is 11.4. The highest BCUT2D eigenvalue weighted by Crippen LogP contribution is 2.33. The number of hydrogen-bond donors (Lipinski definition) is 2. The Morgan fingerprint density at radius 1 is 1.08 bits per heavy atom. The number of benzene rings is 3. The lowest BCUT2D eigenvalue weighted by molar-refractivity contribution is -0.118. The molecule has 4 rings (SSSR count). The third kappa shape index (κ3) is 6.68. The van der Waals surface area contributed by atoms with Crippen LogP contribution in [0.2, 0.25) is 5.02 Å². The van der Waals surface area contributed by atoms with Crippen molar-refractivity contribution in [3.8, 4) is 11.5 Å². The number of halogens is 1. The molecular weight excluding hydrogens is 498 g/mol. The van der Waals surface area contributed by atoms with Gasteiger partial charge in [0.25, 0.3) is 11.8 Å². The van der Waals surface area contributed by atoms with E-state index < -0.39 is 0 Å². The number of para-hydroxylation sites is 1. The topological polar surface area (TPSA) is 89.0 Å². The molecule has 7 nitrogen and oxygen atoms in total. The molecule has 0 aromatic heterocycles. The van der Waals surface area contributed by atoms with E-state index in [9.17, 15) is 9.59 Å². The number of thioether (sulfide) groups is 1. The van der Waals surface area contributed by atoms with Crippen LogP contribution >= 0.6 is 23.4 Å². The van der Waals surface area contributed by atoms with Crippen LogP contribution in [0.5, 0.6) is 11.5 Å². The van der Waals surface area contributed by atoms with Gasteiger partial charge in [-0.1, -0.05) is 41.9 Å². The fraction of sp³-hybridized carbons (Fsp3) is 0.148. The van der Waals surface area contributed by atoms with E-state index in [4.69, 9.17) is 21.1 Å². The number of rotatable bonds is 8. The Morgan fingerprint density at radius 3 is 2.67 bits per heavy atom. The number of amidine groups is 1. The first-order chi connectivity index (χ1) is 17.4. The van der Waals surface area contributed by atoms with Gasteiger partial charge in [0.05, 0.1) is 17.2 Å². The smallest absolute Gasteiger partial charge is 0.264 e. The zero-order chi connectivity index (χ0) is 25.5. The van der Waals surface area contributed by atoms with Gasteiger partial charge in [-0.15, -0.1) is 0 Å². The van der Waals surface area contributed by atoms with Crippen molar-refractivity contribution in [2.75, 3.05) is 18.5 Å². The summed E-state index contributed by atoms with van der Waals surface area (Å²) in [6.45, 7) is 4.03. The monoisotopic (exact) mass is 521 g/mol. The number of ether oxygens (including phenoxy) is 2. The van der Waals surface area contributed by atoms with Crippen LogP contribution in [0, 0.1) is 6.92 Å². The molecule has 0 bridgehead atoms. The Morgan fingerprint density at radius 2 is 1.89 bits per heavy atom. The van der Waals surface area contributed by atoms with E-state index in [-0.39, 0.29) is 18.4 Å². The lowest BCUT2D eigenvalue weighted by atomic mass is 10.2. The molecule has 0 atom stereocenters. The van der Waals surface area contributed by atoms with Crippen molar-refractivity contribution in [2.45, 2.75) is 13.8 Å². The minimum atomic E-state index is -0.282. The number of nitrogens with zero attached hydrogens (tertiary/aromatic N) is 1. The molecular formula is C27H24ClN3O4S. The molecule has 2 N–H and O–H groups in total. The maximum atomic E-state index is 12.5. The Labute approximate surface area is 218 Å². The molecule has 0 aliphatic carbocycles. The van der Waals surface area contributed by atoms with Crippen molar-refractivity contribution in [3.63, 3.8) is 0 Å². The largest absolute Gasteiger partial charge is 0.490 e. The second-order valence-electron chi connectivity index (χ2n) is 7.75. The summed E-state index contributed by atoms with van der Waals surface area (Å²) in [6, 6.07) is 19.9. The fourth-order valence-corrected chi connectivity index (χ4v) is 4.31. The van der Waals surface area contributed by atoms with Gasteiger partial charge in [-0.2, -0.15) is 0 Å². The minimum Gasteiger partial charge on any atom is -0.490 e. The Balaban J connectivity index is 1.46. The molecule has 3 aromatic carbocycles. The maximum absolute atomic E-state index is 12.5. The second kappa shape index (κ2) is 11.8. The van der Waals surface area contributed by atoms with Gasteiger partial charge >= 0.3 is 0 Å². The van der Waals surface area contributed by atoms with E-state index in [0.29, 0.717) is 44.6 Å². The van der Waals surface area contributed by atoms with Crippen molar-refractivity contribution >= 4 is 57.8 Å². The molecule has 2 amide bonds. The van der Waals surface area contributed by atoms with Crippen molar-refractivity contribution < 1.29 is 19.1 Å². The summed E-state index contributed by atoms with van der Waals surface area (Å²) in [5.74, 6) is 0.389. The van der Waals surface area contributed by atoms with Crippen LogP contribution in [0.15, 0.2) is 76.6 Å². The molecule has 36 heavy (non-hydrogen) atoms. The van der Waals surface area contributed by atoms with Crippen LogP contribution in [0.3, 0.4) is 0 Å². The number of aryl methyl sites for hydroxylation is 1. The van der Waals surface area contributed by atoms with E-state index >= 15 is 0 Å². The van der Waals surface area contributed by atoms with E-state index in [1.165, 1.54) is 11.8 Å². The number of aliphatic imine (C=N–C) groups is 1. The summed E-state index contributed by atoms with van der Waals surface area (Å²) in [6.07, 6.45) is 1.75. The molecule has 3 aromatic rings. The number of nitrogens with one attached hydrogen (secondary N) is 2. The number of hydrogen-bond acceptors (Lipinski definition) is 6. The standard InChI is InChI=1S/C27H24ClN3O4S/c1-3-34-23-13-18(10-12-22(23)35-16-25(32)29-20-7-5-4-6-8-20)14-24-26(33)31-27(36-24)30-21-15-19(28)11-9-17(21)2/h4-15H,3,16H2,1-2H3,(H,29,32)(H,30,31,33)/b24-14-. The minimum absolute atomic E-state index is 0.170. The Kier molecular flexibility index (Phi) is 8.30. The van der Waals surface area contributed by atoms with E-state index in [0.717, 1.165) is 11.1 Å². The molecule has 0 unspecified atom stereocenters. The molecule has 0 spiro atoms. The SMILES string of the molecule is CCOc1cc(/C=C2\SC(=Nc3cc(Cl)ccc3C)NC2=O)ccc1OCC(=O)Nc1ccccc1. The van der Waals surface area contributed by atoms with Crippen molar-refractivity contribution in [2.24, 2.45) is 4.99 Å². The Bertz CT molecular complexity index is 1340. The molecule has 0 radical (unpaired) electrons. The molecule has 184 valence electrons.